The van der Waals surface area contributed by atoms with Crippen LogP contribution in [0, 0.1) is 18.8 Å². The van der Waals surface area contributed by atoms with Crippen LogP contribution < -0.4 is 5.73 Å². The van der Waals surface area contributed by atoms with Gasteiger partial charge in [-0.1, -0.05) is 30.3 Å². The number of nitrogens with zero attached hydrogens (tertiary/aromatic N) is 3. The Morgan fingerprint density at radius 2 is 1.87 bits per heavy atom. The second kappa shape index (κ2) is 11.4. The molecule has 1 amide bonds. The lowest BCUT2D eigenvalue weighted by molar-refractivity contribution is -0.136. The molecule has 8 heteroatoms. The summed E-state index contributed by atoms with van der Waals surface area (Å²) in [6, 6.07) is 10.5. The molecule has 2 aromatic rings. The van der Waals surface area contributed by atoms with Crippen LogP contribution in [-0.4, -0.2) is 53.4 Å². The van der Waals surface area contributed by atoms with Crippen molar-refractivity contribution < 1.29 is 4.79 Å². The molecular weight excluding hydrogens is 439 g/mol. The van der Waals surface area contributed by atoms with Crippen LogP contribution >= 0.6 is 36.2 Å². The van der Waals surface area contributed by atoms with Gasteiger partial charge >= 0.3 is 0 Å². The number of aryl methyl sites for hydroxylation is 1. The van der Waals surface area contributed by atoms with E-state index in [1.54, 1.807) is 11.3 Å². The van der Waals surface area contributed by atoms with E-state index >= 15 is 0 Å². The third-order valence-electron chi connectivity index (χ3n) is 6.27. The third kappa shape index (κ3) is 5.74. The number of carbonyl (C=O) groups is 1. The highest BCUT2D eigenvalue weighted by atomic mass is 35.5. The van der Waals surface area contributed by atoms with Crippen molar-refractivity contribution in [2.45, 2.75) is 32.2 Å². The average molecular weight is 471 g/mol. The highest BCUT2D eigenvalue weighted by Gasteiger charge is 2.38. The maximum atomic E-state index is 13.2. The number of rotatable bonds is 5. The lowest BCUT2D eigenvalue weighted by Gasteiger charge is -2.32. The third-order valence-corrected chi connectivity index (χ3v) is 7.09. The molecule has 5 nitrogen and oxygen atoms in total. The number of aromatic nitrogens is 1. The quantitative estimate of drug-likeness (QED) is 0.723. The number of hydrogen-bond donors (Lipinski definition) is 1. The first-order valence-electron chi connectivity index (χ1n) is 10.3. The van der Waals surface area contributed by atoms with Crippen LogP contribution in [0.1, 0.15) is 35.0 Å². The Hall–Kier alpha value is -1.18. The van der Waals surface area contributed by atoms with Gasteiger partial charge in [0.15, 0.2) is 0 Å². The summed E-state index contributed by atoms with van der Waals surface area (Å²) in [6.45, 7) is 7.14. The number of benzene rings is 1. The smallest absolute Gasteiger partial charge is 0.225 e. The molecule has 2 N–H and O–H groups in total. The summed E-state index contributed by atoms with van der Waals surface area (Å²) in [5.41, 5.74) is 8.51. The summed E-state index contributed by atoms with van der Waals surface area (Å²) in [5.74, 6) is 1.21. The van der Waals surface area contributed by atoms with E-state index in [4.69, 9.17) is 5.73 Å². The molecule has 0 saturated carbocycles. The topological polar surface area (TPSA) is 62.5 Å². The molecule has 0 unspecified atom stereocenters. The zero-order chi connectivity index (χ0) is 19.5. The van der Waals surface area contributed by atoms with Crippen molar-refractivity contribution in [3.8, 4) is 0 Å². The van der Waals surface area contributed by atoms with Crippen LogP contribution in [0.3, 0.4) is 0 Å². The van der Waals surface area contributed by atoms with E-state index in [1.165, 1.54) is 5.56 Å². The molecule has 166 valence electrons. The number of amides is 1. The van der Waals surface area contributed by atoms with Crippen LogP contribution in [0.4, 0.5) is 0 Å². The van der Waals surface area contributed by atoms with Crippen molar-refractivity contribution in [1.82, 2.24) is 14.8 Å². The lowest BCUT2D eigenvalue weighted by atomic mass is 9.89. The zero-order valence-electron chi connectivity index (χ0n) is 17.4. The van der Waals surface area contributed by atoms with E-state index in [2.05, 4.69) is 44.4 Å². The van der Waals surface area contributed by atoms with Gasteiger partial charge in [0.25, 0.3) is 0 Å². The van der Waals surface area contributed by atoms with E-state index in [1.807, 2.05) is 13.0 Å². The largest absolute Gasteiger partial charge is 0.341 e. The Kier molecular flexibility index (Phi) is 9.57. The van der Waals surface area contributed by atoms with Gasteiger partial charge in [-0.3, -0.25) is 9.69 Å². The number of hydrogen-bond acceptors (Lipinski definition) is 5. The Morgan fingerprint density at radius 3 is 2.47 bits per heavy atom. The molecule has 3 heterocycles. The Morgan fingerprint density at radius 1 is 1.17 bits per heavy atom. The molecule has 2 aliphatic rings. The van der Waals surface area contributed by atoms with Gasteiger partial charge in [-0.05, 0) is 50.9 Å². The van der Waals surface area contributed by atoms with Crippen molar-refractivity contribution >= 4 is 42.1 Å². The normalized spacial score (nSPS) is 22.4. The molecule has 30 heavy (non-hydrogen) atoms. The van der Waals surface area contributed by atoms with E-state index in [0.29, 0.717) is 24.3 Å². The predicted molar refractivity (Wildman–Crippen MR) is 128 cm³/mol. The minimum atomic E-state index is 0. The maximum absolute atomic E-state index is 13.2. The SMILES string of the molecule is Cc1nc(CN2CCC(C(=O)N3C[C@@H](CN)[C@H](c4ccccc4)C3)CC2)cs1.Cl.Cl. The highest BCUT2D eigenvalue weighted by molar-refractivity contribution is 7.09. The molecule has 0 spiro atoms. The second-order valence-electron chi connectivity index (χ2n) is 8.16. The Bertz CT molecular complexity index is 795. The van der Waals surface area contributed by atoms with Gasteiger partial charge in [0.2, 0.25) is 5.91 Å². The number of likely N-dealkylation sites (tertiary alicyclic amines) is 2. The molecule has 0 aliphatic carbocycles. The summed E-state index contributed by atoms with van der Waals surface area (Å²) < 4.78 is 0. The standard InChI is InChI=1S/C22H30N4OS.2ClH/c1-16-24-20(15-28-16)13-25-9-7-18(8-10-25)22(27)26-12-19(11-23)21(14-26)17-5-3-2-4-6-17;;/h2-6,15,18-19,21H,7-14,23H2,1H3;2*1H/t19-,21+;;/m1../s1. The van der Waals surface area contributed by atoms with Gasteiger partial charge in [-0.2, -0.15) is 0 Å². The fraction of sp³-hybridized carbons (Fsp3) is 0.545. The number of carbonyl (C=O) groups excluding carboxylic acids is 1. The van der Waals surface area contributed by atoms with E-state index in [0.717, 1.165) is 56.3 Å². The van der Waals surface area contributed by atoms with Crippen LogP contribution in [0.2, 0.25) is 0 Å². The minimum absolute atomic E-state index is 0. The van der Waals surface area contributed by atoms with Crippen molar-refractivity contribution in [3.63, 3.8) is 0 Å². The van der Waals surface area contributed by atoms with Gasteiger partial charge in [-0.25, -0.2) is 4.98 Å². The van der Waals surface area contributed by atoms with Gasteiger partial charge in [-0.15, -0.1) is 36.2 Å². The highest BCUT2D eigenvalue weighted by Crippen LogP contribution is 2.34. The van der Waals surface area contributed by atoms with Crippen molar-refractivity contribution in [3.05, 3.63) is 52.0 Å². The van der Waals surface area contributed by atoms with Gasteiger partial charge in [0.1, 0.15) is 0 Å². The van der Waals surface area contributed by atoms with Crippen LogP contribution in [0.5, 0.6) is 0 Å². The van der Waals surface area contributed by atoms with Gasteiger partial charge in [0.05, 0.1) is 10.7 Å². The molecule has 1 aromatic carbocycles. The van der Waals surface area contributed by atoms with Crippen molar-refractivity contribution in [1.29, 1.82) is 0 Å². The maximum Gasteiger partial charge on any atom is 0.225 e. The number of piperidine rings is 1. The van der Waals surface area contributed by atoms with Crippen LogP contribution in [0.15, 0.2) is 35.7 Å². The molecule has 2 saturated heterocycles. The average Bonchev–Trinajstić information content (AvgIpc) is 3.35. The van der Waals surface area contributed by atoms with Crippen LogP contribution in [0.25, 0.3) is 0 Å². The Labute approximate surface area is 195 Å². The Balaban J connectivity index is 0.00000160. The molecule has 0 bridgehead atoms. The fourth-order valence-electron chi connectivity index (χ4n) is 4.67. The summed E-state index contributed by atoms with van der Waals surface area (Å²) in [6.07, 6.45) is 1.89. The first kappa shape index (κ1) is 25.1. The van der Waals surface area contributed by atoms with E-state index < -0.39 is 0 Å². The van der Waals surface area contributed by atoms with Gasteiger partial charge < -0.3 is 10.6 Å². The number of halogens is 2. The summed E-state index contributed by atoms with van der Waals surface area (Å²) in [4.78, 5) is 22.2. The zero-order valence-corrected chi connectivity index (χ0v) is 19.9. The van der Waals surface area contributed by atoms with Crippen LogP contribution in [-0.2, 0) is 11.3 Å². The second-order valence-corrected chi connectivity index (χ2v) is 9.23. The minimum Gasteiger partial charge on any atom is -0.341 e. The van der Waals surface area contributed by atoms with E-state index in [9.17, 15) is 4.79 Å². The van der Waals surface area contributed by atoms with Crippen molar-refractivity contribution in [2.24, 2.45) is 17.6 Å². The lowest BCUT2D eigenvalue weighted by Crippen LogP contribution is -2.41. The van der Waals surface area contributed by atoms with E-state index in [-0.39, 0.29) is 30.7 Å². The fourth-order valence-corrected chi connectivity index (χ4v) is 5.28. The summed E-state index contributed by atoms with van der Waals surface area (Å²) >= 11 is 1.71. The molecule has 4 rings (SSSR count). The monoisotopic (exact) mass is 470 g/mol. The number of thiazole rings is 1. The molecule has 2 fully saturated rings. The summed E-state index contributed by atoms with van der Waals surface area (Å²) in [5, 5.41) is 3.27. The summed E-state index contributed by atoms with van der Waals surface area (Å²) in [7, 11) is 0. The van der Waals surface area contributed by atoms with Gasteiger partial charge in [0, 0.05) is 36.9 Å². The molecule has 1 aromatic heterocycles. The molecular formula is C22H32Cl2N4OS. The first-order valence-corrected chi connectivity index (χ1v) is 11.2. The first-order chi connectivity index (χ1) is 13.6. The number of nitrogens with two attached hydrogens (primary N) is 1. The molecule has 2 atom stereocenters. The van der Waals surface area contributed by atoms with Crippen molar-refractivity contribution in [2.75, 3.05) is 32.7 Å². The molecule has 2 aliphatic heterocycles. The molecule has 0 radical (unpaired) electrons. The predicted octanol–water partition coefficient (Wildman–Crippen LogP) is 3.71.